The third kappa shape index (κ3) is 4.52. The molecule has 2 heterocycles. The van der Waals surface area contributed by atoms with Crippen LogP contribution in [0.1, 0.15) is 103 Å². The maximum absolute atomic E-state index is 4.70. The zero-order valence-electron chi connectivity index (χ0n) is 17.5. The monoisotopic (exact) mass is 361 g/mol. The third-order valence-electron chi connectivity index (χ3n) is 4.66. The summed E-state index contributed by atoms with van der Waals surface area (Å²) in [7, 11) is 0. The van der Waals surface area contributed by atoms with E-state index in [0.717, 1.165) is 12.8 Å². The molecule has 3 nitrogen and oxygen atoms in total. The Bertz CT molecular complexity index is 696. The van der Waals surface area contributed by atoms with Gasteiger partial charge in [-0.2, -0.15) is 5.10 Å². The molecule has 0 spiro atoms. The van der Waals surface area contributed by atoms with E-state index in [1.807, 2.05) is 5.51 Å². The quantitative estimate of drug-likeness (QED) is 0.630. The molecule has 2 aromatic rings. The molecule has 4 heteroatoms. The van der Waals surface area contributed by atoms with E-state index in [1.165, 1.54) is 21.8 Å². The average Bonchev–Trinajstić information content (AvgIpc) is 3.10. The second kappa shape index (κ2) is 7.22. The van der Waals surface area contributed by atoms with E-state index in [0.29, 0.717) is 12.0 Å². The molecule has 0 aliphatic rings. The summed E-state index contributed by atoms with van der Waals surface area (Å²) in [6, 6.07) is 0.395. The van der Waals surface area contributed by atoms with Crippen molar-refractivity contribution in [1.82, 2.24) is 14.8 Å². The van der Waals surface area contributed by atoms with Gasteiger partial charge < -0.3 is 0 Å². The van der Waals surface area contributed by atoms with Gasteiger partial charge >= 0.3 is 0 Å². The van der Waals surface area contributed by atoms with E-state index in [2.05, 4.69) is 78.3 Å². The van der Waals surface area contributed by atoms with Crippen molar-refractivity contribution in [3.63, 3.8) is 0 Å². The van der Waals surface area contributed by atoms with Crippen LogP contribution < -0.4 is 0 Å². The Labute approximate surface area is 157 Å². The van der Waals surface area contributed by atoms with Gasteiger partial charge in [0.25, 0.3) is 0 Å². The summed E-state index contributed by atoms with van der Waals surface area (Å²) < 4.78 is 2.20. The van der Waals surface area contributed by atoms with Gasteiger partial charge in [-0.25, -0.2) is 4.98 Å². The SMILES string of the molecule is CC(CCc1cnn(C(C)C)c1C(C)(C)C)c1ncsc1C(C)(C)C. The summed E-state index contributed by atoms with van der Waals surface area (Å²) in [6.45, 7) is 20.4. The summed E-state index contributed by atoms with van der Waals surface area (Å²) in [5.41, 5.74) is 6.33. The van der Waals surface area contributed by atoms with Crippen LogP contribution in [0.15, 0.2) is 11.7 Å². The van der Waals surface area contributed by atoms with Crippen LogP contribution in [0.2, 0.25) is 0 Å². The largest absolute Gasteiger partial charge is 0.266 e. The van der Waals surface area contributed by atoms with E-state index in [-0.39, 0.29) is 10.8 Å². The Morgan fingerprint density at radius 3 is 2.20 bits per heavy atom. The highest BCUT2D eigenvalue weighted by Crippen LogP contribution is 2.36. The maximum Gasteiger partial charge on any atom is 0.0798 e. The first-order chi connectivity index (χ1) is 11.4. The smallest absolute Gasteiger partial charge is 0.0798 e. The van der Waals surface area contributed by atoms with Crippen molar-refractivity contribution in [2.75, 3.05) is 0 Å². The van der Waals surface area contributed by atoms with Crippen molar-refractivity contribution in [3.8, 4) is 0 Å². The lowest BCUT2D eigenvalue weighted by Crippen LogP contribution is -2.21. The first kappa shape index (κ1) is 20.2. The molecule has 0 saturated heterocycles. The highest BCUT2D eigenvalue weighted by Gasteiger charge is 2.27. The number of rotatable bonds is 5. The first-order valence-electron chi connectivity index (χ1n) is 9.43. The normalized spacial score (nSPS) is 14.3. The second-order valence-corrected chi connectivity index (χ2v) is 10.4. The average molecular weight is 362 g/mol. The molecule has 0 saturated carbocycles. The molecule has 0 fully saturated rings. The highest BCUT2D eigenvalue weighted by molar-refractivity contribution is 7.09. The molecule has 0 aliphatic carbocycles. The van der Waals surface area contributed by atoms with Gasteiger partial charge in [0.2, 0.25) is 0 Å². The molecule has 0 N–H and O–H groups in total. The second-order valence-electron chi connectivity index (χ2n) is 9.56. The molecule has 2 rings (SSSR count). The highest BCUT2D eigenvalue weighted by atomic mass is 32.1. The Hall–Kier alpha value is -1.16. The van der Waals surface area contributed by atoms with Crippen LogP contribution in [0.25, 0.3) is 0 Å². The number of aromatic nitrogens is 3. The molecule has 25 heavy (non-hydrogen) atoms. The van der Waals surface area contributed by atoms with Gasteiger partial charge in [-0.05, 0) is 43.6 Å². The minimum absolute atomic E-state index is 0.108. The fraction of sp³-hybridized carbons (Fsp3) is 0.714. The van der Waals surface area contributed by atoms with Crippen LogP contribution in [-0.2, 0) is 17.3 Å². The van der Waals surface area contributed by atoms with E-state index in [9.17, 15) is 0 Å². The van der Waals surface area contributed by atoms with Crippen molar-refractivity contribution in [2.45, 2.75) is 97.9 Å². The van der Waals surface area contributed by atoms with Crippen LogP contribution in [0.4, 0.5) is 0 Å². The minimum atomic E-state index is 0.108. The molecule has 0 amide bonds. The fourth-order valence-corrected chi connectivity index (χ4v) is 4.47. The van der Waals surface area contributed by atoms with Gasteiger partial charge in [0, 0.05) is 22.0 Å². The molecular formula is C21H35N3S. The van der Waals surface area contributed by atoms with Crippen LogP contribution >= 0.6 is 11.3 Å². The lowest BCUT2D eigenvalue weighted by molar-refractivity contribution is 0.442. The maximum atomic E-state index is 4.70. The van der Waals surface area contributed by atoms with Crippen LogP contribution in [0.5, 0.6) is 0 Å². The molecule has 0 bridgehead atoms. The summed E-state index contributed by atoms with van der Waals surface area (Å²) in [5.74, 6) is 0.468. The van der Waals surface area contributed by atoms with E-state index < -0.39 is 0 Å². The standard InChI is InChI=1S/C21H35N3S/c1-14(2)24-18(20(4,5)6)16(12-23-24)11-10-15(3)17-19(21(7,8)9)25-13-22-17/h12-15H,10-11H2,1-9H3. The van der Waals surface area contributed by atoms with Gasteiger partial charge in [0.1, 0.15) is 0 Å². The van der Waals surface area contributed by atoms with Gasteiger partial charge in [-0.15, -0.1) is 11.3 Å². The summed E-state index contributed by atoms with van der Waals surface area (Å²) >= 11 is 1.79. The summed E-state index contributed by atoms with van der Waals surface area (Å²) in [4.78, 5) is 6.12. The molecule has 0 radical (unpaired) electrons. The lowest BCUT2D eigenvalue weighted by Gasteiger charge is -2.25. The fourth-order valence-electron chi connectivity index (χ4n) is 3.47. The number of aryl methyl sites for hydroxylation is 1. The zero-order valence-corrected chi connectivity index (χ0v) is 18.3. The Morgan fingerprint density at radius 2 is 1.68 bits per heavy atom. The van der Waals surface area contributed by atoms with Crippen molar-refractivity contribution in [3.05, 3.63) is 33.5 Å². The predicted octanol–water partition coefficient (Wildman–Crippen LogP) is 6.25. The summed E-state index contributed by atoms with van der Waals surface area (Å²) in [6.07, 6.45) is 4.25. The Balaban J connectivity index is 2.21. The van der Waals surface area contributed by atoms with E-state index in [4.69, 9.17) is 4.98 Å². The molecular weight excluding hydrogens is 326 g/mol. The van der Waals surface area contributed by atoms with Crippen molar-refractivity contribution >= 4 is 11.3 Å². The minimum Gasteiger partial charge on any atom is -0.266 e. The van der Waals surface area contributed by atoms with Gasteiger partial charge in [0.15, 0.2) is 0 Å². The zero-order chi connectivity index (χ0) is 19.0. The predicted molar refractivity (Wildman–Crippen MR) is 109 cm³/mol. The Kier molecular flexibility index (Phi) is 5.82. The summed E-state index contributed by atoms with van der Waals surface area (Å²) in [5, 5.41) is 4.68. The third-order valence-corrected chi connectivity index (χ3v) is 5.93. The van der Waals surface area contributed by atoms with Gasteiger partial charge in [-0.3, -0.25) is 4.68 Å². The molecule has 140 valence electrons. The number of nitrogens with zero attached hydrogens (tertiary/aromatic N) is 3. The molecule has 1 unspecified atom stereocenters. The molecule has 0 aliphatic heterocycles. The first-order valence-corrected chi connectivity index (χ1v) is 10.3. The van der Waals surface area contributed by atoms with Crippen LogP contribution in [0.3, 0.4) is 0 Å². The lowest BCUT2D eigenvalue weighted by atomic mass is 9.85. The number of hydrogen-bond acceptors (Lipinski definition) is 3. The van der Waals surface area contributed by atoms with Crippen LogP contribution in [0, 0.1) is 0 Å². The number of thiazole rings is 1. The Morgan fingerprint density at radius 1 is 1.04 bits per heavy atom. The van der Waals surface area contributed by atoms with Crippen molar-refractivity contribution < 1.29 is 0 Å². The van der Waals surface area contributed by atoms with E-state index in [1.54, 1.807) is 11.3 Å². The van der Waals surface area contributed by atoms with E-state index >= 15 is 0 Å². The van der Waals surface area contributed by atoms with Crippen LogP contribution in [-0.4, -0.2) is 14.8 Å². The number of hydrogen-bond donors (Lipinski definition) is 0. The van der Waals surface area contributed by atoms with Crippen molar-refractivity contribution in [1.29, 1.82) is 0 Å². The topological polar surface area (TPSA) is 30.7 Å². The molecule has 1 atom stereocenters. The van der Waals surface area contributed by atoms with Gasteiger partial charge in [-0.1, -0.05) is 48.5 Å². The molecule has 0 aromatic carbocycles. The van der Waals surface area contributed by atoms with Gasteiger partial charge in [0.05, 0.1) is 17.4 Å². The van der Waals surface area contributed by atoms with Crippen molar-refractivity contribution in [2.24, 2.45) is 0 Å². The molecule has 2 aromatic heterocycles.